The van der Waals surface area contributed by atoms with Crippen LogP contribution in [0.1, 0.15) is 47.2 Å². The highest BCUT2D eigenvalue weighted by Gasteiger charge is 2.44. The van der Waals surface area contributed by atoms with Crippen LogP contribution in [0.5, 0.6) is 0 Å². The molecule has 5 heteroatoms. The summed E-state index contributed by atoms with van der Waals surface area (Å²) in [4.78, 5) is 12.3. The van der Waals surface area contributed by atoms with Crippen molar-refractivity contribution in [3.63, 3.8) is 0 Å². The van der Waals surface area contributed by atoms with E-state index in [4.69, 9.17) is 4.99 Å². The average molecular weight is 403 g/mol. The van der Waals surface area contributed by atoms with Gasteiger partial charge in [0.25, 0.3) is 0 Å². The average Bonchev–Trinajstić information content (AvgIpc) is 3.33. The fraction of sp³-hybridized carbons (Fsp3) is 0.333. The lowest BCUT2D eigenvalue weighted by Gasteiger charge is -2.27. The second kappa shape index (κ2) is 7.06. The second-order valence-electron chi connectivity index (χ2n) is 8.13. The number of hydrogen-bond donors (Lipinski definition) is 0. The molecule has 2 aliphatic heterocycles. The maximum Gasteiger partial charge on any atom is 0.160 e. The highest BCUT2D eigenvalue weighted by Crippen LogP contribution is 2.48. The Kier molecular flexibility index (Phi) is 4.50. The quantitative estimate of drug-likeness (QED) is 0.589. The molecule has 3 aromatic rings. The zero-order valence-electron chi connectivity index (χ0n) is 17.3. The van der Waals surface area contributed by atoms with E-state index < -0.39 is 0 Å². The fourth-order valence-corrected chi connectivity index (χ4v) is 5.73. The molecule has 4 heterocycles. The monoisotopic (exact) mass is 402 g/mol. The molecule has 0 unspecified atom stereocenters. The predicted octanol–water partition coefficient (Wildman–Crippen LogP) is 5.39. The minimum absolute atomic E-state index is 0.0400. The van der Waals surface area contributed by atoms with Crippen LogP contribution in [0.25, 0.3) is 5.69 Å². The summed E-state index contributed by atoms with van der Waals surface area (Å²) in [5, 5.41) is 1.74. The number of thioether (sulfide) groups is 1. The van der Waals surface area contributed by atoms with E-state index >= 15 is 0 Å². The summed E-state index contributed by atoms with van der Waals surface area (Å²) >= 11 is 1.89. The lowest BCUT2D eigenvalue weighted by atomic mass is 9.96. The molecule has 4 nitrogen and oxygen atoms in total. The van der Waals surface area contributed by atoms with Crippen molar-refractivity contribution >= 4 is 16.9 Å². The highest BCUT2D eigenvalue weighted by atomic mass is 32.2. The molecular formula is C24H26N4S. The van der Waals surface area contributed by atoms with Crippen LogP contribution in [0.2, 0.25) is 0 Å². The molecule has 3 atom stereocenters. The van der Waals surface area contributed by atoms with Gasteiger partial charge in [-0.25, -0.2) is 0 Å². The predicted molar refractivity (Wildman–Crippen MR) is 121 cm³/mol. The summed E-state index contributed by atoms with van der Waals surface area (Å²) in [6.45, 7) is 9.89. The molecule has 1 saturated heterocycles. The molecule has 2 aliphatic rings. The van der Waals surface area contributed by atoms with E-state index in [1.54, 1.807) is 0 Å². The van der Waals surface area contributed by atoms with Crippen molar-refractivity contribution in [2.45, 2.75) is 45.0 Å². The first kappa shape index (κ1) is 18.5. The molecule has 0 bridgehead atoms. The van der Waals surface area contributed by atoms with Crippen LogP contribution < -0.4 is 0 Å². The highest BCUT2D eigenvalue weighted by molar-refractivity contribution is 8.14. The fourth-order valence-electron chi connectivity index (χ4n) is 4.63. The molecule has 0 spiro atoms. The van der Waals surface area contributed by atoms with E-state index in [2.05, 4.69) is 84.6 Å². The van der Waals surface area contributed by atoms with Crippen molar-refractivity contribution in [3.8, 4) is 5.69 Å². The molecule has 5 rings (SSSR count). The van der Waals surface area contributed by atoms with E-state index in [1.807, 2.05) is 24.0 Å². The Hall–Kier alpha value is -2.53. The van der Waals surface area contributed by atoms with Crippen molar-refractivity contribution in [1.29, 1.82) is 0 Å². The normalized spacial score (nSPS) is 23.4. The van der Waals surface area contributed by atoms with E-state index in [1.165, 1.54) is 33.4 Å². The Morgan fingerprint density at radius 3 is 2.55 bits per heavy atom. The van der Waals surface area contributed by atoms with Gasteiger partial charge in [0, 0.05) is 35.1 Å². The number of hydrogen-bond acceptors (Lipinski definition) is 4. The van der Waals surface area contributed by atoms with Crippen molar-refractivity contribution in [1.82, 2.24) is 14.5 Å². The van der Waals surface area contributed by atoms with Gasteiger partial charge in [-0.1, -0.05) is 42.4 Å². The standard InChI is InChI=1S/C24H26N4S/c1-15-8-10-19(11-9-15)28-16(2)13-20(18(28)4)23-22(21-7-5-6-12-25-21)26-24-27(23)14-17(3)29-24/h5-13,17,22-23H,14H2,1-4H3/t17-,22-,23-/m0/s1. The number of nitrogens with zero attached hydrogens (tertiary/aromatic N) is 4. The van der Waals surface area contributed by atoms with Crippen molar-refractivity contribution in [2.75, 3.05) is 6.54 Å². The van der Waals surface area contributed by atoms with Crippen LogP contribution in [-0.4, -0.2) is 31.4 Å². The summed E-state index contributed by atoms with van der Waals surface area (Å²) in [5.74, 6) is 0. The Labute approximate surface area is 176 Å². The maximum absolute atomic E-state index is 5.13. The van der Waals surface area contributed by atoms with Gasteiger partial charge in [-0.2, -0.15) is 0 Å². The van der Waals surface area contributed by atoms with Gasteiger partial charge in [-0.15, -0.1) is 0 Å². The van der Waals surface area contributed by atoms with Crippen molar-refractivity contribution < 1.29 is 0 Å². The number of aromatic nitrogens is 2. The number of pyridine rings is 1. The van der Waals surface area contributed by atoms with E-state index in [0.29, 0.717) is 5.25 Å². The third kappa shape index (κ3) is 3.08. The van der Waals surface area contributed by atoms with E-state index in [0.717, 1.165) is 12.2 Å². The first-order chi connectivity index (χ1) is 14.0. The van der Waals surface area contributed by atoms with Crippen molar-refractivity contribution in [3.05, 3.63) is 82.9 Å². The van der Waals surface area contributed by atoms with Crippen LogP contribution in [-0.2, 0) is 0 Å². The number of aliphatic imine (C=N–C) groups is 1. The van der Waals surface area contributed by atoms with Gasteiger partial charge >= 0.3 is 0 Å². The lowest BCUT2D eigenvalue weighted by molar-refractivity contribution is 0.320. The smallest absolute Gasteiger partial charge is 0.160 e. The molecule has 29 heavy (non-hydrogen) atoms. The Balaban J connectivity index is 1.62. The Bertz CT molecular complexity index is 1070. The largest absolute Gasteiger partial charge is 0.341 e. The molecule has 1 fully saturated rings. The number of aryl methyl sites for hydroxylation is 2. The van der Waals surface area contributed by atoms with Crippen LogP contribution >= 0.6 is 11.8 Å². The molecule has 2 aromatic heterocycles. The summed E-state index contributed by atoms with van der Waals surface area (Å²) in [5.41, 5.74) is 7.45. The number of fused-ring (bicyclic) bond motifs is 1. The molecule has 1 aromatic carbocycles. The van der Waals surface area contributed by atoms with E-state index in [9.17, 15) is 0 Å². The lowest BCUT2D eigenvalue weighted by Crippen LogP contribution is -2.28. The minimum Gasteiger partial charge on any atom is -0.341 e. The summed E-state index contributed by atoms with van der Waals surface area (Å²) in [7, 11) is 0. The summed E-state index contributed by atoms with van der Waals surface area (Å²) < 4.78 is 2.37. The van der Waals surface area contributed by atoms with Gasteiger partial charge in [-0.3, -0.25) is 9.98 Å². The topological polar surface area (TPSA) is 33.4 Å². The molecule has 0 amide bonds. The van der Waals surface area contributed by atoms with Crippen LogP contribution in [0.4, 0.5) is 0 Å². The van der Waals surface area contributed by atoms with E-state index in [-0.39, 0.29) is 12.1 Å². The Morgan fingerprint density at radius 1 is 1.03 bits per heavy atom. The number of benzene rings is 1. The van der Waals surface area contributed by atoms with Crippen LogP contribution in [0.15, 0.2) is 59.7 Å². The molecule has 0 aliphatic carbocycles. The van der Waals surface area contributed by atoms with Gasteiger partial charge < -0.3 is 9.47 Å². The second-order valence-corrected chi connectivity index (χ2v) is 9.54. The Morgan fingerprint density at radius 2 is 1.83 bits per heavy atom. The van der Waals surface area contributed by atoms with Crippen LogP contribution in [0.3, 0.4) is 0 Å². The first-order valence-corrected chi connectivity index (χ1v) is 11.1. The van der Waals surface area contributed by atoms with Gasteiger partial charge in [0.15, 0.2) is 5.17 Å². The van der Waals surface area contributed by atoms with Crippen LogP contribution in [0, 0.1) is 20.8 Å². The molecule has 0 saturated carbocycles. The van der Waals surface area contributed by atoms with Gasteiger partial charge in [0.1, 0.15) is 6.04 Å². The number of rotatable bonds is 3. The van der Waals surface area contributed by atoms with Crippen molar-refractivity contribution in [2.24, 2.45) is 4.99 Å². The first-order valence-electron chi connectivity index (χ1n) is 10.2. The number of amidine groups is 1. The summed E-state index contributed by atoms with van der Waals surface area (Å²) in [6, 6.07) is 17.5. The minimum atomic E-state index is 0.0400. The van der Waals surface area contributed by atoms with Gasteiger partial charge in [0.2, 0.25) is 0 Å². The third-order valence-electron chi connectivity index (χ3n) is 5.96. The molecular weight excluding hydrogens is 376 g/mol. The molecule has 148 valence electrons. The van der Waals surface area contributed by atoms with Gasteiger partial charge in [-0.05, 0) is 56.7 Å². The summed E-state index contributed by atoms with van der Waals surface area (Å²) in [6.07, 6.45) is 1.88. The third-order valence-corrected chi connectivity index (χ3v) is 7.06. The zero-order chi connectivity index (χ0) is 20.1. The van der Waals surface area contributed by atoms with Gasteiger partial charge in [0.05, 0.1) is 11.7 Å². The maximum atomic E-state index is 5.13. The molecule has 0 N–H and O–H groups in total. The molecule has 0 radical (unpaired) electrons. The zero-order valence-corrected chi connectivity index (χ0v) is 18.1. The SMILES string of the molecule is Cc1ccc(-n2c(C)cc([C@H]3[C@H](c4ccccn4)N=C4S[C@@H](C)CN43)c2C)cc1.